The van der Waals surface area contributed by atoms with Crippen LogP contribution in [0.4, 0.5) is 11.4 Å². The van der Waals surface area contributed by atoms with E-state index in [9.17, 15) is 23.3 Å². The molecule has 1 aliphatic rings. The Morgan fingerprint density at radius 2 is 1.91 bits per heavy atom. The van der Waals surface area contributed by atoms with Gasteiger partial charge < -0.3 is 9.15 Å². The Balaban J connectivity index is 1.89. The number of sulfone groups is 1. The number of non-ortho nitro benzene ring substituents is 1. The van der Waals surface area contributed by atoms with Crippen LogP contribution in [-0.4, -0.2) is 25.9 Å². The Kier molecular flexibility index (Phi) is 5.54. The van der Waals surface area contributed by atoms with Crippen LogP contribution in [0.3, 0.4) is 0 Å². The fraction of sp³-hybridized carbons (Fsp3) is 0.136. The van der Waals surface area contributed by atoms with Crippen molar-refractivity contribution in [2.45, 2.75) is 12.3 Å². The van der Waals surface area contributed by atoms with Crippen molar-refractivity contribution in [1.82, 2.24) is 0 Å². The second-order valence-electron chi connectivity index (χ2n) is 6.88. The lowest BCUT2D eigenvalue weighted by Crippen LogP contribution is -2.29. The highest BCUT2D eigenvalue weighted by molar-refractivity contribution is 7.97. The first-order valence-corrected chi connectivity index (χ1v) is 11.2. The number of carbonyl (C=O) groups is 1. The first-order chi connectivity index (χ1) is 15.3. The molecular formula is C22H18N2O7S. The minimum absolute atomic E-state index is 0.101. The lowest BCUT2D eigenvalue weighted by atomic mass is 10.1. The molecule has 1 atom stereocenters. The highest BCUT2D eigenvalue weighted by atomic mass is 32.2. The molecule has 4 rings (SSSR count). The maximum absolute atomic E-state index is 13.5. The van der Waals surface area contributed by atoms with E-state index in [1.165, 1.54) is 30.5 Å². The van der Waals surface area contributed by atoms with Gasteiger partial charge in [-0.2, -0.15) is 0 Å². The van der Waals surface area contributed by atoms with Gasteiger partial charge >= 0.3 is 0 Å². The number of nitrogens with zero attached hydrogens (tertiary/aromatic N) is 2. The Bertz CT molecular complexity index is 1300. The molecule has 2 heterocycles. The van der Waals surface area contributed by atoms with E-state index in [4.69, 9.17) is 9.15 Å². The summed E-state index contributed by atoms with van der Waals surface area (Å²) >= 11 is 0. The van der Waals surface area contributed by atoms with Gasteiger partial charge in [-0.3, -0.25) is 19.8 Å². The average molecular weight is 454 g/mol. The van der Waals surface area contributed by atoms with Crippen LogP contribution in [0.15, 0.2) is 76.2 Å². The van der Waals surface area contributed by atoms with Gasteiger partial charge in [-0.1, -0.05) is 12.1 Å². The van der Waals surface area contributed by atoms with Crippen molar-refractivity contribution in [2.24, 2.45) is 0 Å². The normalized spacial score (nSPS) is 18.8. The van der Waals surface area contributed by atoms with Gasteiger partial charge in [0, 0.05) is 23.9 Å². The number of nitro benzene ring substituents is 1. The maximum Gasteiger partial charge on any atom is 0.271 e. The van der Waals surface area contributed by atoms with Crippen LogP contribution in [-0.2, 0) is 14.6 Å². The summed E-state index contributed by atoms with van der Waals surface area (Å²) in [5.74, 6) is -0.00525. The number of hydrogen-bond acceptors (Lipinski definition) is 7. The largest absolute Gasteiger partial charge is 0.494 e. The molecule has 164 valence electrons. The van der Waals surface area contributed by atoms with Gasteiger partial charge in [-0.15, -0.1) is 0 Å². The number of benzene rings is 2. The molecule has 1 aliphatic heterocycles. The van der Waals surface area contributed by atoms with E-state index in [-0.39, 0.29) is 17.0 Å². The number of furan rings is 1. The zero-order valence-corrected chi connectivity index (χ0v) is 17.7. The summed E-state index contributed by atoms with van der Waals surface area (Å²) in [6, 6.07) is 14.7. The first kappa shape index (κ1) is 21.3. The number of carbonyl (C=O) groups excluding carboxylic acids is 1. The molecule has 0 radical (unpaired) electrons. The van der Waals surface area contributed by atoms with Crippen LogP contribution >= 0.6 is 0 Å². The zero-order valence-electron chi connectivity index (χ0n) is 16.9. The predicted molar refractivity (Wildman–Crippen MR) is 117 cm³/mol. The molecule has 9 nitrogen and oxygen atoms in total. The molecule has 10 heteroatoms. The minimum atomic E-state index is -4.24. The van der Waals surface area contributed by atoms with Crippen molar-refractivity contribution in [3.63, 3.8) is 0 Å². The molecule has 32 heavy (non-hydrogen) atoms. The number of hydrogen-bond donors (Lipinski definition) is 0. The number of anilines is 1. The van der Waals surface area contributed by atoms with Crippen LogP contribution in [0.25, 0.3) is 6.08 Å². The highest BCUT2D eigenvalue weighted by Crippen LogP contribution is 2.44. The van der Waals surface area contributed by atoms with E-state index < -0.39 is 30.9 Å². The second kappa shape index (κ2) is 8.31. The van der Waals surface area contributed by atoms with Crippen LogP contribution in [0.5, 0.6) is 5.75 Å². The zero-order chi connectivity index (χ0) is 22.9. The third-order valence-electron chi connectivity index (χ3n) is 4.87. The summed E-state index contributed by atoms with van der Waals surface area (Å²) in [6.07, 6.45) is 2.53. The second-order valence-corrected chi connectivity index (χ2v) is 8.85. The van der Waals surface area contributed by atoms with Gasteiger partial charge in [-0.05, 0) is 48.9 Å². The molecule has 0 N–H and O–H groups in total. The van der Waals surface area contributed by atoms with Crippen LogP contribution in [0.2, 0.25) is 0 Å². The van der Waals surface area contributed by atoms with E-state index in [0.717, 1.165) is 17.0 Å². The number of ether oxygens (including phenoxy) is 1. The van der Waals surface area contributed by atoms with Crippen LogP contribution < -0.4 is 9.64 Å². The Morgan fingerprint density at radius 3 is 2.53 bits per heavy atom. The van der Waals surface area contributed by atoms with Gasteiger partial charge in [-0.25, -0.2) is 8.42 Å². The molecular weight excluding hydrogens is 436 g/mol. The van der Waals surface area contributed by atoms with Crippen molar-refractivity contribution in [3.8, 4) is 5.75 Å². The van der Waals surface area contributed by atoms with Crippen molar-refractivity contribution >= 4 is 33.2 Å². The van der Waals surface area contributed by atoms with Crippen molar-refractivity contribution in [1.29, 1.82) is 0 Å². The van der Waals surface area contributed by atoms with E-state index >= 15 is 0 Å². The average Bonchev–Trinajstić information content (AvgIpc) is 3.35. The summed E-state index contributed by atoms with van der Waals surface area (Å²) < 4.78 is 37.6. The molecule has 0 saturated carbocycles. The van der Waals surface area contributed by atoms with Gasteiger partial charge in [0.05, 0.1) is 17.8 Å². The van der Waals surface area contributed by atoms with Crippen LogP contribution in [0.1, 0.15) is 23.6 Å². The lowest BCUT2D eigenvalue weighted by Gasteiger charge is -2.23. The number of rotatable bonds is 6. The number of nitro groups is 1. The minimum Gasteiger partial charge on any atom is -0.494 e. The Hall–Kier alpha value is -3.92. The number of amides is 1. The predicted octanol–water partition coefficient (Wildman–Crippen LogP) is 4.09. The molecule has 1 saturated heterocycles. The molecule has 0 bridgehead atoms. The van der Waals surface area contributed by atoms with E-state index in [1.54, 1.807) is 30.3 Å². The first-order valence-electron chi connectivity index (χ1n) is 9.63. The topological polar surface area (TPSA) is 120 Å². The monoisotopic (exact) mass is 454 g/mol. The lowest BCUT2D eigenvalue weighted by molar-refractivity contribution is -0.384. The third kappa shape index (κ3) is 3.76. The van der Waals surface area contributed by atoms with Crippen molar-refractivity contribution in [2.75, 3.05) is 11.5 Å². The molecule has 0 spiro atoms. The maximum atomic E-state index is 13.5. The van der Waals surface area contributed by atoms with Gasteiger partial charge in [0.2, 0.25) is 9.84 Å². The third-order valence-corrected chi connectivity index (χ3v) is 6.85. The van der Waals surface area contributed by atoms with Crippen molar-refractivity contribution < 1.29 is 27.3 Å². The Labute approximate surface area is 183 Å². The van der Waals surface area contributed by atoms with Gasteiger partial charge in [0.1, 0.15) is 16.4 Å². The summed E-state index contributed by atoms with van der Waals surface area (Å²) in [5.41, 5.74) is 0.130. The summed E-state index contributed by atoms with van der Waals surface area (Å²) in [7, 11) is -4.24. The molecule has 1 amide bonds. The SMILES string of the molecule is CCOc1ccc(N2C(=O)/C(=C\c3ccco3)S(=O)(=O)C2c2cccc([N+](=O)[O-])c2)cc1. The standard InChI is InChI=1S/C22H18N2O7S/c1-2-30-18-10-8-16(9-11-18)23-21(25)20(14-19-7-4-12-31-19)32(28,29)22(23)15-5-3-6-17(13-15)24(26)27/h3-14,22H,2H2,1H3/b20-14+. The molecule has 2 aromatic carbocycles. The van der Waals surface area contributed by atoms with E-state index in [1.807, 2.05) is 6.92 Å². The fourth-order valence-corrected chi connectivity index (χ4v) is 5.36. The summed E-state index contributed by atoms with van der Waals surface area (Å²) in [6.45, 7) is 2.28. The molecule has 3 aromatic rings. The van der Waals surface area contributed by atoms with Crippen molar-refractivity contribution in [3.05, 3.63) is 93.3 Å². The highest BCUT2D eigenvalue weighted by Gasteiger charge is 2.50. The van der Waals surface area contributed by atoms with Gasteiger partial charge in [0.15, 0.2) is 5.37 Å². The quantitative estimate of drug-likeness (QED) is 0.312. The Morgan fingerprint density at radius 1 is 1.16 bits per heavy atom. The molecule has 1 fully saturated rings. The van der Waals surface area contributed by atoms with Gasteiger partial charge in [0.25, 0.3) is 11.6 Å². The summed E-state index contributed by atoms with van der Waals surface area (Å²) in [4.78, 5) is 24.6. The van der Waals surface area contributed by atoms with E-state index in [0.29, 0.717) is 18.0 Å². The van der Waals surface area contributed by atoms with Crippen LogP contribution in [0, 0.1) is 10.1 Å². The summed E-state index contributed by atoms with van der Waals surface area (Å²) in [5, 5.41) is 9.78. The molecule has 0 aliphatic carbocycles. The smallest absolute Gasteiger partial charge is 0.271 e. The molecule has 1 unspecified atom stereocenters. The fourth-order valence-electron chi connectivity index (χ4n) is 3.49. The molecule has 1 aromatic heterocycles. The van der Waals surface area contributed by atoms with E-state index in [2.05, 4.69) is 0 Å².